The number of benzene rings is 1. The Bertz CT molecular complexity index is 595. The van der Waals surface area contributed by atoms with E-state index in [-0.39, 0.29) is 0 Å². The Kier molecular flexibility index (Phi) is 4.88. The number of nitrogens with zero attached hydrogens (tertiary/aromatic N) is 1. The predicted molar refractivity (Wildman–Crippen MR) is 80.2 cm³/mol. The number of amides is 1. The molecule has 1 saturated heterocycles. The van der Waals surface area contributed by atoms with Crippen molar-refractivity contribution in [2.45, 2.75) is 30.6 Å². The summed E-state index contributed by atoms with van der Waals surface area (Å²) in [6.07, 6.45) is 4.13. The zero-order valence-corrected chi connectivity index (χ0v) is 13.0. The molecular weight excluding hydrogens is 290 g/mol. The van der Waals surface area contributed by atoms with Crippen LogP contribution in [0.4, 0.5) is 4.79 Å². The van der Waals surface area contributed by atoms with Gasteiger partial charge in [-0.3, -0.25) is 0 Å². The van der Waals surface area contributed by atoms with Gasteiger partial charge in [-0.25, -0.2) is 13.2 Å². The molecule has 0 radical (unpaired) electrons. The van der Waals surface area contributed by atoms with E-state index in [0.717, 1.165) is 31.2 Å². The van der Waals surface area contributed by atoms with E-state index < -0.39 is 15.9 Å². The summed E-state index contributed by atoms with van der Waals surface area (Å²) < 4.78 is 22.8. The molecule has 1 aliphatic rings. The highest BCUT2D eigenvalue weighted by molar-refractivity contribution is 7.90. The molecule has 0 bridgehead atoms. The summed E-state index contributed by atoms with van der Waals surface area (Å²) in [5.41, 5.74) is 1.09. The normalized spacial score (nSPS) is 19.5. The second kappa shape index (κ2) is 6.47. The second-order valence-electron chi connectivity index (χ2n) is 5.69. The highest BCUT2D eigenvalue weighted by Crippen LogP contribution is 2.22. The first-order valence-corrected chi connectivity index (χ1v) is 9.02. The van der Waals surface area contributed by atoms with Crippen LogP contribution in [-0.2, 0) is 16.3 Å². The minimum Gasteiger partial charge on any atom is -0.465 e. The third-order valence-corrected chi connectivity index (χ3v) is 5.11. The fourth-order valence-corrected chi connectivity index (χ4v) is 3.38. The minimum atomic E-state index is -3.14. The van der Waals surface area contributed by atoms with Gasteiger partial charge in [0.15, 0.2) is 9.84 Å². The number of carbonyl (C=O) groups is 1. The van der Waals surface area contributed by atoms with Crippen molar-refractivity contribution in [2.24, 2.45) is 5.92 Å². The van der Waals surface area contributed by atoms with E-state index in [9.17, 15) is 13.2 Å². The van der Waals surface area contributed by atoms with Crippen molar-refractivity contribution in [2.75, 3.05) is 19.3 Å². The highest BCUT2D eigenvalue weighted by atomic mass is 32.2. The molecule has 1 fully saturated rings. The Labute approximate surface area is 125 Å². The first-order valence-electron chi connectivity index (χ1n) is 7.13. The van der Waals surface area contributed by atoms with E-state index in [4.69, 9.17) is 5.11 Å². The van der Waals surface area contributed by atoms with E-state index in [1.807, 2.05) is 12.1 Å². The number of piperidine rings is 1. The van der Waals surface area contributed by atoms with Gasteiger partial charge in [-0.05, 0) is 49.3 Å². The second-order valence-corrected chi connectivity index (χ2v) is 7.71. The summed E-state index contributed by atoms with van der Waals surface area (Å²) in [5, 5.41) is 9.02. The van der Waals surface area contributed by atoms with Crippen LogP contribution in [0.15, 0.2) is 29.2 Å². The quantitative estimate of drug-likeness (QED) is 0.926. The van der Waals surface area contributed by atoms with E-state index >= 15 is 0 Å². The maximum absolute atomic E-state index is 11.4. The molecule has 1 aromatic rings. The van der Waals surface area contributed by atoms with Crippen molar-refractivity contribution >= 4 is 15.9 Å². The van der Waals surface area contributed by atoms with Gasteiger partial charge in [0.2, 0.25) is 0 Å². The van der Waals surface area contributed by atoms with E-state index in [1.54, 1.807) is 12.1 Å². The average molecular weight is 311 g/mol. The summed E-state index contributed by atoms with van der Waals surface area (Å²) in [6, 6.07) is 6.95. The number of hydrogen-bond donors (Lipinski definition) is 1. The summed E-state index contributed by atoms with van der Waals surface area (Å²) >= 11 is 0. The number of aryl methyl sites for hydroxylation is 1. The van der Waals surface area contributed by atoms with Gasteiger partial charge < -0.3 is 10.0 Å². The largest absolute Gasteiger partial charge is 0.465 e. The molecule has 1 atom stereocenters. The van der Waals surface area contributed by atoms with Crippen molar-refractivity contribution in [3.05, 3.63) is 29.8 Å². The van der Waals surface area contributed by atoms with Gasteiger partial charge >= 0.3 is 6.09 Å². The Balaban J connectivity index is 1.89. The van der Waals surface area contributed by atoms with Crippen molar-refractivity contribution in [1.29, 1.82) is 0 Å². The Hall–Kier alpha value is -1.56. The molecule has 116 valence electrons. The first-order chi connectivity index (χ1) is 9.86. The fraction of sp³-hybridized carbons (Fsp3) is 0.533. The molecule has 1 N–H and O–H groups in total. The molecule has 0 aliphatic carbocycles. The fourth-order valence-electron chi connectivity index (χ4n) is 2.75. The van der Waals surface area contributed by atoms with Gasteiger partial charge in [0, 0.05) is 19.3 Å². The maximum Gasteiger partial charge on any atom is 0.407 e. The topological polar surface area (TPSA) is 74.7 Å². The lowest BCUT2D eigenvalue weighted by molar-refractivity contribution is 0.118. The monoisotopic (exact) mass is 311 g/mol. The minimum absolute atomic E-state index is 0.334. The predicted octanol–water partition coefficient (Wildman–Crippen LogP) is 2.41. The van der Waals surface area contributed by atoms with Crippen LogP contribution >= 0.6 is 0 Å². The van der Waals surface area contributed by atoms with Crippen LogP contribution in [0.5, 0.6) is 0 Å². The molecule has 1 aliphatic heterocycles. The van der Waals surface area contributed by atoms with Crippen LogP contribution in [0.2, 0.25) is 0 Å². The third-order valence-electron chi connectivity index (χ3n) is 3.98. The van der Waals surface area contributed by atoms with E-state index in [1.165, 1.54) is 11.2 Å². The maximum atomic E-state index is 11.4. The molecule has 1 aromatic carbocycles. The molecule has 0 unspecified atom stereocenters. The summed E-state index contributed by atoms with van der Waals surface area (Å²) in [6.45, 7) is 1.24. The van der Waals surface area contributed by atoms with Crippen LogP contribution in [-0.4, -0.2) is 43.9 Å². The standard InChI is InChI=1S/C15H21NO4S/c1-21(19,20)14-8-6-12(7-9-14)4-5-13-3-2-10-16(11-13)15(17)18/h6-9,13H,2-5,10-11H2,1H3,(H,17,18)/t13-/m1/s1. The van der Waals surface area contributed by atoms with Gasteiger partial charge in [-0.1, -0.05) is 12.1 Å². The molecule has 5 nitrogen and oxygen atoms in total. The van der Waals surface area contributed by atoms with Crippen molar-refractivity contribution in [1.82, 2.24) is 4.90 Å². The van der Waals surface area contributed by atoms with Gasteiger partial charge in [0.05, 0.1) is 4.90 Å². The van der Waals surface area contributed by atoms with Crippen LogP contribution in [0.1, 0.15) is 24.8 Å². The SMILES string of the molecule is CS(=O)(=O)c1ccc(CC[C@H]2CCCN(C(=O)O)C2)cc1. The Morgan fingerprint density at radius 1 is 1.33 bits per heavy atom. The molecule has 6 heteroatoms. The van der Waals surface area contributed by atoms with Crippen molar-refractivity contribution < 1.29 is 18.3 Å². The lowest BCUT2D eigenvalue weighted by atomic mass is 9.92. The average Bonchev–Trinajstić information content (AvgIpc) is 2.45. The molecular formula is C15H21NO4S. The zero-order valence-electron chi connectivity index (χ0n) is 12.2. The molecule has 21 heavy (non-hydrogen) atoms. The Morgan fingerprint density at radius 3 is 2.57 bits per heavy atom. The van der Waals surface area contributed by atoms with Gasteiger partial charge in [0.25, 0.3) is 0 Å². The summed E-state index contributed by atoms with van der Waals surface area (Å²) in [5.74, 6) is 0.393. The number of hydrogen-bond acceptors (Lipinski definition) is 3. The number of carboxylic acid groups (broad SMARTS) is 1. The summed E-state index contributed by atoms with van der Waals surface area (Å²) in [7, 11) is -3.14. The lowest BCUT2D eigenvalue weighted by Gasteiger charge is -2.30. The van der Waals surface area contributed by atoms with Crippen LogP contribution in [0, 0.1) is 5.92 Å². The summed E-state index contributed by atoms with van der Waals surface area (Å²) in [4.78, 5) is 12.8. The molecule has 1 heterocycles. The number of rotatable bonds is 4. The van der Waals surface area contributed by atoms with Gasteiger partial charge in [-0.15, -0.1) is 0 Å². The number of likely N-dealkylation sites (tertiary alicyclic amines) is 1. The van der Waals surface area contributed by atoms with Gasteiger partial charge in [0.1, 0.15) is 0 Å². The third kappa shape index (κ3) is 4.46. The van der Waals surface area contributed by atoms with Crippen LogP contribution in [0.25, 0.3) is 0 Å². The van der Waals surface area contributed by atoms with E-state index in [2.05, 4.69) is 0 Å². The van der Waals surface area contributed by atoms with Crippen molar-refractivity contribution in [3.63, 3.8) is 0 Å². The lowest BCUT2D eigenvalue weighted by Crippen LogP contribution is -2.39. The molecule has 1 amide bonds. The van der Waals surface area contributed by atoms with Crippen molar-refractivity contribution in [3.8, 4) is 0 Å². The smallest absolute Gasteiger partial charge is 0.407 e. The van der Waals surface area contributed by atoms with Crippen LogP contribution in [0.3, 0.4) is 0 Å². The Morgan fingerprint density at radius 2 is 2.00 bits per heavy atom. The number of sulfone groups is 1. The first kappa shape index (κ1) is 15.8. The highest BCUT2D eigenvalue weighted by Gasteiger charge is 2.22. The van der Waals surface area contributed by atoms with E-state index in [0.29, 0.717) is 23.9 Å². The molecule has 2 rings (SSSR count). The molecule has 0 spiro atoms. The molecule has 0 saturated carbocycles. The zero-order chi connectivity index (χ0) is 15.5. The molecule has 0 aromatic heterocycles. The van der Waals surface area contributed by atoms with Gasteiger partial charge in [-0.2, -0.15) is 0 Å². The van der Waals surface area contributed by atoms with Crippen LogP contribution < -0.4 is 0 Å².